The molecule has 188 valence electrons. The lowest BCUT2D eigenvalue weighted by Gasteiger charge is -2.30. The second-order valence-electron chi connectivity index (χ2n) is 7.88. The first kappa shape index (κ1) is 24.6. The van der Waals surface area contributed by atoms with Gasteiger partial charge in [0.2, 0.25) is 0 Å². The van der Waals surface area contributed by atoms with E-state index in [-0.39, 0.29) is 22.7 Å². The normalized spacial score (nSPS) is 16.8. The molecule has 1 aliphatic rings. The molecule has 1 atom stereocenters. The van der Waals surface area contributed by atoms with Crippen LogP contribution in [0.15, 0.2) is 52.1 Å². The minimum absolute atomic E-state index is 0.0496. The molecule has 0 saturated carbocycles. The van der Waals surface area contributed by atoms with Crippen LogP contribution in [0.1, 0.15) is 21.5 Å². The zero-order valence-corrected chi connectivity index (χ0v) is 19.1. The minimum Gasteiger partial charge on any atom is -0.493 e. The number of hydrogen-bond donors (Lipinski definition) is 3. The van der Waals surface area contributed by atoms with E-state index >= 15 is 0 Å². The maximum atomic E-state index is 14.6. The molecular weight excluding hydrogens is 485 g/mol. The Morgan fingerprint density at radius 3 is 2.22 bits per heavy atom. The number of fused-ring (bicyclic) bond motifs is 1. The molecule has 2 aromatic carbocycles. The van der Waals surface area contributed by atoms with Gasteiger partial charge in [-0.1, -0.05) is 17.7 Å². The van der Waals surface area contributed by atoms with Crippen molar-refractivity contribution >= 4 is 17.6 Å². The summed E-state index contributed by atoms with van der Waals surface area (Å²) >= 11 is 0. The Balaban J connectivity index is 1.92. The van der Waals surface area contributed by atoms with Crippen LogP contribution < -0.4 is 31.4 Å². The standard InChI is InChI=1S/C23H19F3N4O6/c1-11-4-7-13(8-5-11)30-17-16(19(32)28-21(30)34)22(20(33)27-17,23(24,25)26)29-18(31)12-6-9-14(35-2)15(10-12)36-3/h4-10H,1-3H3,(H,27,33)(H,29,31)(H,28,32,34)/t22-/m0/s1. The summed E-state index contributed by atoms with van der Waals surface area (Å²) in [6.45, 7) is 1.75. The molecule has 0 bridgehead atoms. The number of alkyl halides is 3. The molecule has 0 unspecified atom stereocenters. The molecule has 3 N–H and O–H groups in total. The molecule has 36 heavy (non-hydrogen) atoms. The van der Waals surface area contributed by atoms with Crippen LogP contribution in [0.4, 0.5) is 19.0 Å². The van der Waals surface area contributed by atoms with Gasteiger partial charge in [0.15, 0.2) is 11.5 Å². The zero-order valence-electron chi connectivity index (χ0n) is 19.1. The number of aryl methyl sites for hydroxylation is 1. The summed E-state index contributed by atoms with van der Waals surface area (Å²) in [5, 5.41) is 3.66. The number of carbonyl (C=O) groups is 2. The molecule has 0 radical (unpaired) electrons. The smallest absolute Gasteiger partial charge is 0.425 e. The SMILES string of the molecule is COc1ccc(C(=O)N[C@]2(C(F)(F)F)C(=O)Nc3c2c(=O)[nH]c(=O)n3-c2ccc(C)cc2)cc1OC. The molecule has 0 aliphatic carbocycles. The molecule has 10 nitrogen and oxygen atoms in total. The summed E-state index contributed by atoms with van der Waals surface area (Å²) in [6, 6.07) is 9.60. The van der Waals surface area contributed by atoms with Gasteiger partial charge in [0.05, 0.1) is 19.9 Å². The molecule has 4 rings (SSSR count). The van der Waals surface area contributed by atoms with Crippen molar-refractivity contribution < 1.29 is 32.2 Å². The molecule has 2 heterocycles. The summed E-state index contributed by atoms with van der Waals surface area (Å²) in [7, 11) is 2.59. The van der Waals surface area contributed by atoms with Crippen LogP contribution in [-0.4, -0.2) is 41.8 Å². The van der Waals surface area contributed by atoms with Crippen molar-refractivity contribution in [2.45, 2.75) is 18.6 Å². The Morgan fingerprint density at radius 2 is 1.64 bits per heavy atom. The molecule has 2 amide bonds. The van der Waals surface area contributed by atoms with Crippen molar-refractivity contribution in [2.75, 3.05) is 19.5 Å². The minimum atomic E-state index is -5.48. The molecule has 0 fully saturated rings. The van der Waals surface area contributed by atoms with Crippen molar-refractivity contribution in [1.82, 2.24) is 14.9 Å². The average molecular weight is 504 g/mol. The Hall–Kier alpha value is -4.55. The lowest BCUT2D eigenvalue weighted by Crippen LogP contribution is -2.62. The second-order valence-corrected chi connectivity index (χ2v) is 7.88. The second kappa shape index (κ2) is 8.59. The quantitative estimate of drug-likeness (QED) is 0.487. The number of H-pyrrole nitrogens is 1. The Bertz CT molecular complexity index is 1490. The third kappa shape index (κ3) is 3.68. The maximum absolute atomic E-state index is 14.6. The Morgan fingerprint density at radius 1 is 1.00 bits per heavy atom. The maximum Gasteiger partial charge on any atom is 0.425 e. The number of halogens is 3. The van der Waals surface area contributed by atoms with Crippen LogP contribution >= 0.6 is 0 Å². The van der Waals surface area contributed by atoms with Crippen molar-refractivity contribution in [1.29, 1.82) is 0 Å². The lowest BCUT2D eigenvalue weighted by atomic mass is 9.91. The predicted molar refractivity (Wildman–Crippen MR) is 121 cm³/mol. The number of ether oxygens (including phenoxy) is 2. The third-order valence-corrected chi connectivity index (χ3v) is 5.72. The van der Waals surface area contributed by atoms with Crippen molar-refractivity contribution in [2.24, 2.45) is 0 Å². The molecule has 3 aromatic rings. The van der Waals surface area contributed by atoms with Crippen LogP contribution in [0.25, 0.3) is 5.69 Å². The fraction of sp³-hybridized carbons (Fsp3) is 0.217. The van der Waals surface area contributed by atoms with Gasteiger partial charge in [-0.2, -0.15) is 13.2 Å². The summed E-state index contributed by atoms with van der Waals surface area (Å²) in [6.07, 6.45) is -5.48. The number of methoxy groups -OCH3 is 2. The zero-order chi connectivity index (χ0) is 26.4. The van der Waals surface area contributed by atoms with Gasteiger partial charge in [0, 0.05) is 5.56 Å². The highest BCUT2D eigenvalue weighted by atomic mass is 19.4. The van der Waals surface area contributed by atoms with Gasteiger partial charge >= 0.3 is 11.9 Å². The monoisotopic (exact) mass is 504 g/mol. The largest absolute Gasteiger partial charge is 0.493 e. The van der Waals surface area contributed by atoms with E-state index in [1.165, 1.54) is 32.4 Å². The summed E-state index contributed by atoms with van der Waals surface area (Å²) in [5.74, 6) is -3.53. The van der Waals surface area contributed by atoms with E-state index < -0.39 is 46.2 Å². The molecule has 13 heteroatoms. The molecule has 0 spiro atoms. The molecular formula is C23H19F3N4O6. The molecule has 0 saturated heterocycles. The Kier molecular flexibility index (Phi) is 5.86. The fourth-order valence-corrected chi connectivity index (χ4v) is 3.94. The number of nitrogens with one attached hydrogen (secondary N) is 3. The number of hydrogen-bond acceptors (Lipinski definition) is 6. The van der Waals surface area contributed by atoms with Crippen molar-refractivity contribution in [3.63, 3.8) is 0 Å². The highest BCUT2D eigenvalue weighted by Crippen LogP contribution is 2.45. The number of carbonyl (C=O) groups excluding carboxylic acids is 2. The lowest BCUT2D eigenvalue weighted by molar-refractivity contribution is -0.196. The highest BCUT2D eigenvalue weighted by Gasteiger charge is 2.68. The predicted octanol–water partition coefficient (Wildman–Crippen LogP) is 1.99. The van der Waals surface area contributed by atoms with Crippen molar-refractivity contribution in [3.8, 4) is 17.2 Å². The van der Waals surface area contributed by atoms with E-state index in [0.29, 0.717) is 0 Å². The number of aromatic nitrogens is 2. The topological polar surface area (TPSA) is 132 Å². The third-order valence-electron chi connectivity index (χ3n) is 5.72. The van der Waals surface area contributed by atoms with E-state index in [2.05, 4.69) is 0 Å². The van der Waals surface area contributed by atoms with Crippen LogP contribution in [-0.2, 0) is 10.3 Å². The first-order valence-corrected chi connectivity index (χ1v) is 10.3. The number of nitrogens with zero attached hydrogens (tertiary/aromatic N) is 1. The van der Waals surface area contributed by atoms with E-state index in [9.17, 15) is 32.3 Å². The molecule has 1 aromatic heterocycles. The van der Waals surface area contributed by atoms with Crippen LogP contribution in [0.2, 0.25) is 0 Å². The number of aromatic amines is 1. The average Bonchev–Trinajstić information content (AvgIpc) is 3.12. The summed E-state index contributed by atoms with van der Waals surface area (Å²) < 4.78 is 54.6. The van der Waals surface area contributed by atoms with Crippen LogP contribution in [0, 0.1) is 6.92 Å². The van der Waals surface area contributed by atoms with Gasteiger partial charge in [-0.05, 0) is 37.3 Å². The first-order chi connectivity index (χ1) is 16.9. The number of benzene rings is 2. The Labute approximate surface area is 200 Å². The van der Waals surface area contributed by atoms with Crippen molar-refractivity contribution in [3.05, 3.63) is 80.0 Å². The number of anilines is 1. The first-order valence-electron chi connectivity index (χ1n) is 10.3. The van der Waals surface area contributed by atoms with Gasteiger partial charge in [0.1, 0.15) is 11.4 Å². The van der Waals surface area contributed by atoms with Gasteiger partial charge < -0.3 is 20.1 Å². The summed E-state index contributed by atoms with van der Waals surface area (Å²) in [5.41, 5.74) is -6.95. The van der Waals surface area contributed by atoms with E-state index in [1.807, 2.05) is 10.3 Å². The molecule has 1 aliphatic heterocycles. The summed E-state index contributed by atoms with van der Waals surface area (Å²) in [4.78, 5) is 53.0. The van der Waals surface area contributed by atoms with Gasteiger partial charge in [-0.15, -0.1) is 0 Å². The fourth-order valence-electron chi connectivity index (χ4n) is 3.94. The van der Waals surface area contributed by atoms with Crippen LogP contribution in [0.3, 0.4) is 0 Å². The highest BCUT2D eigenvalue weighted by molar-refractivity contribution is 6.09. The van der Waals surface area contributed by atoms with Crippen LogP contribution in [0.5, 0.6) is 11.5 Å². The van der Waals surface area contributed by atoms with Gasteiger partial charge in [0.25, 0.3) is 22.9 Å². The van der Waals surface area contributed by atoms with E-state index in [0.717, 1.165) is 22.3 Å². The number of amides is 2. The van der Waals surface area contributed by atoms with E-state index in [1.54, 1.807) is 24.4 Å². The van der Waals surface area contributed by atoms with Gasteiger partial charge in [-0.25, -0.2) is 9.36 Å². The van der Waals surface area contributed by atoms with E-state index in [4.69, 9.17) is 9.47 Å². The van der Waals surface area contributed by atoms with Gasteiger partial charge in [-0.3, -0.25) is 19.4 Å². The number of rotatable bonds is 5.